The summed E-state index contributed by atoms with van der Waals surface area (Å²) in [6, 6.07) is 6.01. The largest absolute Gasteiger partial charge is 0.387 e. The second kappa shape index (κ2) is 6.86. The van der Waals surface area contributed by atoms with E-state index in [2.05, 4.69) is 21.8 Å². The molecule has 0 aliphatic carbocycles. The molecule has 1 aromatic carbocycles. The first-order valence-corrected chi connectivity index (χ1v) is 7.45. The van der Waals surface area contributed by atoms with Crippen molar-refractivity contribution in [2.45, 2.75) is 39.2 Å². The Morgan fingerprint density at radius 2 is 2.15 bits per heavy atom. The van der Waals surface area contributed by atoms with Crippen LogP contribution in [0.3, 0.4) is 0 Å². The van der Waals surface area contributed by atoms with Gasteiger partial charge in [-0.2, -0.15) is 0 Å². The first-order chi connectivity index (χ1) is 9.63. The molecule has 0 aliphatic heterocycles. The number of aliphatic hydroxyl groups excluding tert-OH is 1. The molecule has 110 valence electrons. The van der Waals surface area contributed by atoms with Crippen molar-refractivity contribution in [3.8, 4) is 0 Å². The number of fused-ring (bicyclic) bond motifs is 1. The molecule has 1 heterocycles. The molecule has 4 heteroatoms. The van der Waals surface area contributed by atoms with Gasteiger partial charge in [0, 0.05) is 13.6 Å². The summed E-state index contributed by atoms with van der Waals surface area (Å²) < 4.78 is 2.06. The number of hydrogen-bond acceptors (Lipinski definition) is 3. The number of unbranched alkanes of at least 4 members (excludes halogenated alkanes) is 2. The Hall–Kier alpha value is -1.39. The number of nitrogens with zero attached hydrogens (tertiary/aromatic N) is 2. The summed E-state index contributed by atoms with van der Waals surface area (Å²) in [4.78, 5) is 4.51. The number of rotatable bonds is 7. The van der Waals surface area contributed by atoms with E-state index < -0.39 is 6.10 Å². The van der Waals surface area contributed by atoms with Crippen LogP contribution >= 0.6 is 0 Å². The van der Waals surface area contributed by atoms with Crippen LogP contribution in [0, 0.1) is 6.92 Å². The predicted octanol–water partition coefficient (Wildman–Crippen LogP) is 2.69. The monoisotopic (exact) mass is 275 g/mol. The molecule has 1 aromatic heterocycles. The van der Waals surface area contributed by atoms with Gasteiger partial charge in [0.1, 0.15) is 5.82 Å². The fraction of sp³-hybridized carbons (Fsp3) is 0.562. The van der Waals surface area contributed by atoms with Crippen molar-refractivity contribution in [1.29, 1.82) is 0 Å². The van der Waals surface area contributed by atoms with Crippen LogP contribution in [0.1, 0.15) is 43.7 Å². The summed E-state index contributed by atoms with van der Waals surface area (Å²) in [6.07, 6.45) is 3.16. The quantitative estimate of drug-likeness (QED) is 0.764. The van der Waals surface area contributed by atoms with Crippen LogP contribution in [0.4, 0.5) is 0 Å². The standard InChI is InChI=1S/C16H25N3O/c1-4-5-6-9-17-11-16(20)13-7-8-15-14(10-13)18-12(2)19(15)3/h7-8,10,16-17,20H,4-6,9,11H2,1-3H3. The normalized spacial score (nSPS) is 13.0. The molecular weight excluding hydrogens is 250 g/mol. The summed E-state index contributed by atoms with van der Waals surface area (Å²) in [7, 11) is 2.01. The summed E-state index contributed by atoms with van der Waals surface area (Å²) in [5.41, 5.74) is 2.99. The lowest BCUT2D eigenvalue weighted by atomic mass is 10.1. The lowest BCUT2D eigenvalue weighted by Gasteiger charge is -2.12. The Labute approximate surface area is 120 Å². The Morgan fingerprint density at radius 3 is 2.90 bits per heavy atom. The SMILES string of the molecule is CCCCCNCC(O)c1ccc2c(c1)nc(C)n2C. The lowest BCUT2D eigenvalue weighted by Crippen LogP contribution is -2.22. The maximum atomic E-state index is 10.2. The summed E-state index contributed by atoms with van der Waals surface area (Å²) in [6.45, 7) is 5.75. The number of aryl methyl sites for hydroxylation is 2. The van der Waals surface area contributed by atoms with Crippen molar-refractivity contribution in [2.75, 3.05) is 13.1 Å². The number of hydrogen-bond donors (Lipinski definition) is 2. The van der Waals surface area contributed by atoms with Crippen molar-refractivity contribution >= 4 is 11.0 Å². The third-order valence-electron chi connectivity index (χ3n) is 3.81. The van der Waals surface area contributed by atoms with Crippen molar-refractivity contribution in [3.63, 3.8) is 0 Å². The van der Waals surface area contributed by atoms with Gasteiger partial charge in [-0.15, -0.1) is 0 Å². The van der Waals surface area contributed by atoms with E-state index in [1.165, 1.54) is 19.3 Å². The summed E-state index contributed by atoms with van der Waals surface area (Å²) >= 11 is 0. The number of nitrogens with one attached hydrogen (secondary N) is 1. The minimum absolute atomic E-state index is 0.469. The zero-order chi connectivity index (χ0) is 14.5. The molecule has 0 radical (unpaired) electrons. The molecular formula is C16H25N3O. The van der Waals surface area contributed by atoms with Gasteiger partial charge in [0.15, 0.2) is 0 Å². The van der Waals surface area contributed by atoms with Gasteiger partial charge in [0.05, 0.1) is 17.1 Å². The first kappa shape index (κ1) is 15.0. The lowest BCUT2D eigenvalue weighted by molar-refractivity contribution is 0.175. The van der Waals surface area contributed by atoms with Crippen LogP contribution in [0.5, 0.6) is 0 Å². The highest BCUT2D eigenvalue weighted by Gasteiger charge is 2.10. The maximum Gasteiger partial charge on any atom is 0.106 e. The topological polar surface area (TPSA) is 50.1 Å². The average molecular weight is 275 g/mol. The first-order valence-electron chi connectivity index (χ1n) is 7.45. The molecule has 0 amide bonds. The average Bonchev–Trinajstić information content (AvgIpc) is 2.73. The molecule has 2 rings (SSSR count). The zero-order valence-electron chi connectivity index (χ0n) is 12.7. The van der Waals surface area contributed by atoms with Gasteiger partial charge in [0.2, 0.25) is 0 Å². The number of imidazole rings is 1. The molecule has 2 N–H and O–H groups in total. The van der Waals surface area contributed by atoms with Crippen molar-refractivity contribution < 1.29 is 5.11 Å². The number of aliphatic hydroxyl groups is 1. The molecule has 20 heavy (non-hydrogen) atoms. The van der Waals surface area contributed by atoms with Crippen LogP contribution < -0.4 is 5.32 Å². The second-order valence-electron chi connectivity index (χ2n) is 5.39. The van der Waals surface area contributed by atoms with E-state index in [1.54, 1.807) is 0 Å². The van der Waals surface area contributed by atoms with Crippen LogP contribution in [0.15, 0.2) is 18.2 Å². The molecule has 0 spiro atoms. The smallest absolute Gasteiger partial charge is 0.106 e. The fourth-order valence-corrected chi connectivity index (χ4v) is 2.40. The van der Waals surface area contributed by atoms with E-state index in [0.717, 1.165) is 29.0 Å². The van der Waals surface area contributed by atoms with Crippen LogP contribution in [0.2, 0.25) is 0 Å². The van der Waals surface area contributed by atoms with Crippen molar-refractivity contribution in [3.05, 3.63) is 29.6 Å². The minimum Gasteiger partial charge on any atom is -0.387 e. The van der Waals surface area contributed by atoms with Gasteiger partial charge in [-0.05, 0) is 37.6 Å². The Bertz CT molecular complexity index is 562. The molecule has 0 saturated carbocycles. The minimum atomic E-state index is -0.469. The van der Waals surface area contributed by atoms with Crippen LogP contribution in [-0.2, 0) is 7.05 Å². The fourth-order valence-electron chi connectivity index (χ4n) is 2.40. The molecule has 1 unspecified atom stereocenters. The predicted molar refractivity (Wildman–Crippen MR) is 82.8 cm³/mol. The van der Waals surface area contributed by atoms with Crippen LogP contribution in [0.25, 0.3) is 11.0 Å². The summed E-state index contributed by atoms with van der Waals surface area (Å²) in [5, 5.41) is 13.5. The Kier molecular flexibility index (Phi) is 5.15. The molecule has 0 bridgehead atoms. The highest BCUT2D eigenvalue weighted by molar-refractivity contribution is 5.76. The third kappa shape index (κ3) is 3.38. The second-order valence-corrected chi connectivity index (χ2v) is 5.39. The van der Waals surface area contributed by atoms with Crippen molar-refractivity contribution in [1.82, 2.24) is 14.9 Å². The van der Waals surface area contributed by atoms with Crippen molar-refractivity contribution in [2.24, 2.45) is 7.05 Å². The van der Waals surface area contributed by atoms with E-state index in [0.29, 0.717) is 6.54 Å². The summed E-state index contributed by atoms with van der Waals surface area (Å²) in [5.74, 6) is 0.990. The van der Waals surface area contributed by atoms with Gasteiger partial charge < -0.3 is 15.0 Å². The molecule has 0 aliphatic rings. The van der Waals surface area contributed by atoms with Gasteiger partial charge in [0.25, 0.3) is 0 Å². The zero-order valence-corrected chi connectivity index (χ0v) is 12.7. The van der Waals surface area contributed by atoms with Crippen LogP contribution in [-0.4, -0.2) is 27.7 Å². The molecule has 0 fully saturated rings. The van der Waals surface area contributed by atoms with E-state index in [9.17, 15) is 5.11 Å². The van der Waals surface area contributed by atoms with E-state index in [-0.39, 0.29) is 0 Å². The molecule has 4 nitrogen and oxygen atoms in total. The van der Waals surface area contributed by atoms with E-state index in [4.69, 9.17) is 0 Å². The molecule has 1 atom stereocenters. The Balaban J connectivity index is 1.98. The van der Waals surface area contributed by atoms with E-state index in [1.807, 2.05) is 32.2 Å². The van der Waals surface area contributed by atoms with Gasteiger partial charge >= 0.3 is 0 Å². The molecule has 0 saturated heterocycles. The van der Waals surface area contributed by atoms with Gasteiger partial charge in [-0.3, -0.25) is 0 Å². The number of benzene rings is 1. The van der Waals surface area contributed by atoms with Gasteiger partial charge in [-0.1, -0.05) is 25.8 Å². The highest BCUT2D eigenvalue weighted by atomic mass is 16.3. The highest BCUT2D eigenvalue weighted by Crippen LogP contribution is 2.20. The Morgan fingerprint density at radius 1 is 1.35 bits per heavy atom. The van der Waals surface area contributed by atoms with Gasteiger partial charge in [-0.25, -0.2) is 4.98 Å². The molecule has 2 aromatic rings. The third-order valence-corrected chi connectivity index (χ3v) is 3.81. The maximum absolute atomic E-state index is 10.2. The van der Waals surface area contributed by atoms with E-state index >= 15 is 0 Å². The number of aromatic nitrogens is 2.